The molecule has 1 fully saturated rings. The predicted octanol–water partition coefficient (Wildman–Crippen LogP) is -0.845. The lowest BCUT2D eigenvalue weighted by molar-refractivity contribution is -0.138. The van der Waals surface area contributed by atoms with E-state index >= 15 is 0 Å². The summed E-state index contributed by atoms with van der Waals surface area (Å²) >= 11 is 0. The summed E-state index contributed by atoms with van der Waals surface area (Å²) in [5, 5.41) is 10.8. The van der Waals surface area contributed by atoms with Gasteiger partial charge in [-0.1, -0.05) is 0 Å². The van der Waals surface area contributed by atoms with Gasteiger partial charge in [-0.15, -0.1) is 0 Å². The molecule has 0 bridgehead atoms. The van der Waals surface area contributed by atoms with Crippen LogP contribution in [0.5, 0.6) is 0 Å². The third kappa shape index (κ3) is 4.28. The number of nitrogens with one attached hydrogen (secondary N) is 1. The quantitative estimate of drug-likeness (QED) is 0.661. The zero-order valence-electron chi connectivity index (χ0n) is 8.10. The van der Waals surface area contributed by atoms with Crippen LogP contribution in [-0.4, -0.2) is 42.9 Å². The lowest BCUT2D eigenvalue weighted by atomic mass is 10.2. The number of sulfone groups is 1. The largest absolute Gasteiger partial charge is 0.481 e. The van der Waals surface area contributed by atoms with Gasteiger partial charge in [0.2, 0.25) is 5.91 Å². The fourth-order valence-corrected chi connectivity index (χ4v) is 3.10. The Morgan fingerprint density at radius 1 is 1.33 bits per heavy atom. The summed E-state index contributed by atoms with van der Waals surface area (Å²) in [5.41, 5.74) is 0. The molecule has 0 aromatic heterocycles. The molecular weight excluding hydrogens is 222 g/mol. The van der Waals surface area contributed by atoms with E-state index in [2.05, 4.69) is 5.32 Å². The normalized spacial score (nSPS) is 23.6. The van der Waals surface area contributed by atoms with Gasteiger partial charge in [-0.05, 0) is 6.42 Å². The number of carbonyl (C=O) groups excluding carboxylic acids is 1. The molecule has 1 unspecified atom stereocenters. The Hall–Kier alpha value is -1.11. The van der Waals surface area contributed by atoms with Crippen molar-refractivity contribution in [3.05, 3.63) is 0 Å². The van der Waals surface area contributed by atoms with E-state index in [1.807, 2.05) is 0 Å². The van der Waals surface area contributed by atoms with Gasteiger partial charge < -0.3 is 10.4 Å². The highest BCUT2D eigenvalue weighted by molar-refractivity contribution is 7.91. The number of carboxylic acids is 1. The standard InChI is InChI=1S/C8H13NO5S/c10-7(1-2-8(11)12)9-6-3-4-15(13,14)5-6/h6H,1-5H2,(H,9,10)(H,11,12). The number of rotatable bonds is 4. The average Bonchev–Trinajstić information content (AvgIpc) is 2.42. The molecule has 1 aliphatic heterocycles. The maximum Gasteiger partial charge on any atom is 0.303 e. The molecule has 0 spiro atoms. The van der Waals surface area contributed by atoms with Gasteiger partial charge in [-0.3, -0.25) is 9.59 Å². The highest BCUT2D eigenvalue weighted by Crippen LogP contribution is 2.11. The SMILES string of the molecule is O=C(O)CCC(=O)NC1CCS(=O)(=O)C1. The van der Waals surface area contributed by atoms with Crippen LogP contribution in [0.1, 0.15) is 19.3 Å². The Labute approximate surface area is 87.6 Å². The number of hydrogen-bond acceptors (Lipinski definition) is 4. The number of hydrogen-bond donors (Lipinski definition) is 2. The first-order chi connectivity index (χ1) is 6.89. The van der Waals surface area contributed by atoms with E-state index in [1.165, 1.54) is 0 Å². The molecule has 1 saturated heterocycles. The third-order valence-corrected chi connectivity index (χ3v) is 3.93. The Morgan fingerprint density at radius 3 is 2.47 bits per heavy atom. The van der Waals surface area contributed by atoms with Crippen molar-refractivity contribution < 1.29 is 23.1 Å². The van der Waals surface area contributed by atoms with Gasteiger partial charge in [-0.2, -0.15) is 0 Å². The first-order valence-corrected chi connectivity index (χ1v) is 6.43. The van der Waals surface area contributed by atoms with E-state index in [1.54, 1.807) is 0 Å². The fourth-order valence-electron chi connectivity index (χ4n) is 1.43. The molecule has 0 aliphatic carbocycles. The van der Waals surface area contributed by atoms with E-state index in [-0.39, 0.29) is 30.4 Å². The van der Waals surface area contributed by atoms with Crippen LogP contribution in [0.3, 0.4) is 0 Å². The first-order valence-electron chi connectivity index (χ1n) is 4.60. The topological polar surface area (TPSA) is 101 Å². The molecule has 6 nitrogen and oxygen atoms in total. The summed E-state index contributed by atoms with van der Waals surface area (Å²) in [4.78, 5) is 21.3. The molecule has 1 atom stereocenters. The van der Waals surface area contributed by atoms with Crippen molar-refractivity contribution in [2.45, 2.75) is 25.3 Å². The second-order valence-corrected chi connectivity index (χ2v) is 5.79. The maximum atomic E-state index is 11.1. The zero-order valence-corrected chi connectivity index (χ0v) is 8.92. The molecule has 1 rings (SSSR count). The van der Waals surface area contributed by atoms with Crippen molar-refractivity contribution in [2.75, 3.05) is 11.5 Å². The fraction of sp³-hybridized carbons (Fsp3) is 0.750. The molecule has 1 heterocycles. The van der Waals surface area contributed by atoms with Gasteiger partial charge >= 0.3 is 5.97 Å². The predicted molar refractivity (Wildman–Crippen MR) is 52.1 cm³/mol. The highest BCUT2D eigenvalue weighted by Gasteiger charge is 2.28. The van der Waals surface area contributed by atoms with E-state index < -0.39 is 21.7 Å². The van der Waals surface area contributed by atoms with Crippen LogP contribution < -0.4 is 5.32 Å². The monoisotopic (exact) mass is 235 g/mol. The lowest BCUT2D eigenvalue weighted by Gasteiger charge is -2.09. The second kappa shape index (κ2) is 4.61. The molecule has 1 aliphatic rings. The van der Waals surface area contributed by atoms with Crippen LogP contribution >= 0.6 is 0 Å². The van der Waals surface area contributed by atoms with Gasteiger partial charge in [0.1, 0.15) is 0 Å². The molecule has 15 heavy (non-hydrogen) atoms. The van der Waals surface area contributed by atoms with Gasteiger partial charge in [0.05, 0.1) is 17.9 Å². The molecule has 1 amide bonds. The van der Waals surface area contributed by atoms with E-state index in [0.717, 1.165) is 0 Å². The average molecular weight is 235 g/mol. The Morgan fingerprint density at radius 2 is 2.00 bits per heavy atom. The third-order valence-electron chi connectivity index (χ3n) is 2.16. The van der Waals surface area contributed by atoms with Gasteiger partial charge in [0.15, 0.2) is 9.84 Å². The number of carbonyl (C=O) groups is 2. The molecule has 0 radical (unpaired) electrons. The van der Waals surface area contributed by atoms with Gasteiger partial charge in [0.25, 0.3) is 0 Å². The summed E-state index contributed by atoms with van der Waals surface area (Å²) in [7, 11) is -3.00. The van der Waals surface area contributed by atoms with Crippen molar-refractivity contribution in [2.24, 2.45) is 0 Å². The van der Waals surface area contributed by atoms with Crippen LogP contribution in [0.2, 0.25) is 0 Å². The van der Waals surface area contributed by atoms with Crippen molar-refractivity contribution >= 4 is 21.7 Å². The zero-order chi connectivity index (χ0) is 11.5. The minimum absolute atomic E-state index is 0.0359. The molecule has 0 aromatic rings. The summed E-state index contributed by atoms with van der Waals surface area (Å²) in [5.74, 6) is -1.38. The van der Waals surface area contributed by atoms with E-state index in [0.29, 0.717) is 6.42 Å². The minimum atomic E-state index is -3.00. The van der Waals surface area contributed by atoms with Crippen LogP contribution in [0.4, 0.5) is 0 Å². The van der Waals surface area contributed by atoms with Crippen molar-refractivity contribution in [3.8, 4) is 0 Å². The van der Waals surface area contributed by atoms with E-state index in [9.17, 15) is 18.0 Å². The number of carboxylic acid groups (broad SMARTS) is 1. The summed E-state index contributed by atoms with van der Waals surface area (Å²) < 4.78 is 22.1. The molecule has 2 N–H and O–H groups in total. The second-order valence-electron chi connectivity index (χ2n) is 3.56. The van der Waals surface area contributed by atoms with Gasteiger partial charge in [0, 0.05) is 12.5 Å². The van der Waals surface area contributed by atoms with Crippen molar-refractivity contribution in [3.63, 3.8) is 0 Å². The first kappa shape index (κ1) is 12.0. The van der Waals surface area contributed by atoms with Crippen LogP contribution in [0.15, 0.2) is 0 Å². The molecule has 7 heteroatoms. The van der Waals surface area contributed by atoms with Crippen molar-refractivity contribution in [1.29, 1.82) is 0 Å². The summed E-state index contributed by atoms with van der Waals surface area (Å²) in [6.45, 7) is 0. The maximum absolute atomic E-state index is 11.1. The van der Waals surface area contributed by atoms with Crippen LogP contribution in [0.25, 0.3) is 0 Å². The number of amides is 1. The van der Waals surface area contributed by atoms with Crippen LogP contribution in [0, 0.1) is 0 Å². The molecule has 0 aromatic carbocycles. The Kier molecular flexibility index (Phi) is 3.67. The highest BCUT2D eigenvalue weighted by atomic mass is 32.2. The lowest BCUT2D eigenvalue weighted by Crippen LogP contribution is -2.35. The summed E-state index contributed by atoms with van der Waals surface area (Å²) in [6, 6.07) is -0.351. The van der Waals surface area contributed by atoms with Crippen LogP contribution in [-0.2, 0) is 19.4 Å². The Balaban J connectivity index is 2.31. The Bertz CT molecular complexity index is 361. The molecule has 0 saturated carbocycles. The van der Waals surface area contributed by atoms with Gasteiger partial charge in [-0.25, -0.2) is 8.42 Å². The van der Waals surface area contributed by atoms with E-state index in [4.69, 9.17) is 5.11 Å². The smallest absolute Gasteiger partial charge is 0.303 e. The molecule has 86 valence electrons. The minimum Gasteiger partial charge on any atom is -0.481 e. The molecular formula is C8H13NO5S. The summed E-state index contributed by atoms with van der Waals surface area (Å²) in [6.07, 6.45) is 0.0817. The van der Waals surface area contributed by atoms with Crippen molar-refractivity contribution in [1.82, 2.24) is 5.32 Å². The number of aliphatic carboxylic acids is 1.